The molecule has 2 N–H and O–H groups in total. The van der Waals surface area contributed by atoms with Crippen LogP contribution in [-0.4, -0.2) is 73.6 Å². The normalized spacial score (nSPS) is 22.3. The van der Waals surface area contributed by atoms with Crippen LogP contribution in [0.5, 0.6) is 0 Å². The Kier molecular flexibility index (Phi) is 4.70. The van der Waals surface area contributed by atoms with E-state index in [1.807, 2.05) is 19.0 Å². The van der Waals surface area contributed by atoms with E-state index in [4.69, 9.17) is 5.11 Å². The van der Waals surface area contributed by atoms with E-state index in [-0.39, 0.29) is 12.5 Å². The number of carboxylic acids is 1. The molecular weight excluding hydrogens is 210 g/mol. The van der Waals surface area contributed by atoms with E-state index < -0.39 is 11.9 Å². The van der Waals surface area contributed by atoms with Crippen LogP contribution in [0, 0.1) is 5.92 Å². The molecule has 1 aliphatic rings. The van der Waals surface area contributed by atoms with Gasteiger partial charge in [-0.3, -0.25) is 9.59 Å². The zero-order valence-electron chi connectivity index (χ0n) is 9.77. The van der Waals surface area contributed by atoms with Gasteiger partial charge >= 0.3 is 5.97 Å². The van der Waals surface area contributed by atoms with Gasteiger partial charge in [-0.05, 0) is 14.1 Å². The number of carbonyl (C=O) groups excluding carboxylic acids is 1. The van der Waals surface area contributed by atoms with Gasteiger partial charge in [0.15, 0.2) is 0 Å². The number of nitrogens with zero attached hydrogens (tertiary/aromatic N) is 2. The molecule has 1 rings (SSSR count). The van der Waals surface area contributed by atoms with Gasteiger partial charge in [0.1, 0.15) is 0 Å². The Morgan fingerprint density at radius 1 is 1.62 bits per heavy atom. The molecule has 92 valence electrons. The highest BCUT2D eigenvalue weighted by Gasteiger charge is 2.27. The average Bonchev–Trinajstić information content (AvgIpc) is 2.37. The number of amides is 1. The number of aliphatic carboxylic acids is 1. The minimum atomic E-state index is -0.850. The fourth-order valence-electron chi connectivity index (χ4n) is 1.60. The van der Waals surface area contributed by atoms with Crippen molar-refractivity contribution in [3.8, 4) is 0 Å². The molecule has 1 atom stereocenters. The molecule has 0 aromatic carbocycles. The van der Waals surface area contributed by atoms with E-state index >= 15 is 0 Å². The Hall–Kier alpha value is -1.14. The standard InChI is InChI=1S/C10H19N3O3/c1-12(2)3-4-13-7-8(10(15)16)5-11-6-9(13)14/h8,11H,3-7H2,1-2H3,(H,15,16). The lowest BCUT2D eigenvalue weighted by Crippen LogP contribution is -2.41. The minimum Gasteiger partial charge on any atom is -0.481 e. The van der Waals surface area contributed by atoms with Crippen LogP contribution in [-0.2, 0) is 9.59 Å². The molecule has 0 radical (unpaired) electrons. The molecule has 0 aliphatic carbocycles. The Bertz CT molecular complexity index is 268. The van der Waals surface area contributed by atoms with Crippen LogP contribution in [0.1, 0.15) is 0 Å². The zero-order valence-corrected chi connectivity index (χ0v) is 9.77. The van der Waals surface area contributed by atoms with Gasteiger partial charge in [0.05, 0.1) is 12.5 Å². The summed E-state index contributed by atoms with van der Waals surface area (Å²) >= 11 is 0. The van der Waals surface area contributed by atoms with Crippen LogP contribution in [0.3, 0.4) is 0 Å². The van der Waals surface area contributed by atoms with Gasteiger partial charge in [0, 0.05) is 26.2 Å². The summed E-state index contributed by atoms with van der Waals surface area (Å²) in [6.07, 6.45) is 0. The van der Waals surface area contributed by atoms with Crippen LogP contribution in [0.2, 0.25) is 0 Å². The minimum absolute atomic E-state index is 0.0226. The first kappa shape index (κ1) is 12.9. The third-order valence-corrected chi connectivity index (χ3v) is 2.63. The summed E-state index contributed by atoms with van der Waals surface area (Å²) in [6, 6.07) is 0. The molecule has 0 saturated carbocycles. The highest BCUT2D eigenvalue weighted by Crippen LogP contribution is 2.04. The zero-order chi connectivity index (χ0) is 12.1. The number of nitrogens with one attached hydrogen (secondary N) is 1. The molecule has 0 aromatic rings. The number of carbonyl (C=O) groups is 2. The maximum atomic E-state index is 11.6. The highest BCUT2D eigenvalue weighted by molar-refractivity contribution is 5.80. The van der Waals surface area contributed by atoms with Crippen molar-refractivity contribution in [2.75, 3.05) is 46.8 Å². The highest BCUT2D eigenvalue weighted by atomic mass is 16.4. The summed E-state index contributed by atoms with van der Waals surface area (Å²) in [6.45, 7) is 2.22. The topological polar surface area (TPSA) is 72.9 Å². The number of likely N-dealkylation sites (N-methyl/N-ethyl adjacent to an activating group) is 1. The van der Waals surface area contributed by atoms with E-state index in [9.17, 15) is 9.59 Å². The summed E-state index contributed by atoms with van der Waals surface area (Å²) in [5.41, 5.74) is 0. The molecule has 1 heterocycles. The summed E-state index contributed by atoms with van der Waals surface area (Å²) < 4.78 is 0. The Morgan fingerprint density at radius 2 is 2.31 bits per heavy atom. The number of hydrogen-bond donors (Lipinski definition) is 2. The summed E-state index contributed by atoms with van der Waals surface area (Å²) in [5.74, 6) is -1.38. The summed E-state index contributed by atoms with van der Waals surface area (Å²) in [4.78, 5) is 26.2. The van der Waals surface area contributed by atoms with Gasteiger partial charge in [-0.15, -0.1) is 0 Å². The molecule has 1 aliphatic heterocycles. The van der Waals surface area contributed by atoms with Gasteiger partial charge in [-0.2, -0.15) is 0 Å². The molecule has 1 amide bonds. The monoisotopic (exact) mass is 229 g/mol. The number of hydrogen-bond acceptors (Lipinski definition) is 4. The van der Waals surface area contributed by atoms with Crippen LogP contribution in [0.25, 0.3) is 0 Å². The lowest BCUT2D eigenvalue weighted by Gasteiger charge is -2.24. The molecular formula is C10H19N3O3. The van der Waals surface area contributed by atoms with Crippen LogP contribution >= 0.6 is 0 Å². The van der Waals surface area contributed by atoms with E-state index in [0.29, 0.717) is 19.6 Å². The second-order valence-electron chi connectivity index (χ2n) is 4.31. The van der Waals surface area contributed by atoms with Crippen molar-refractivity contribution >= 4 is 11.9 Å². The summed E-state index contributed by atoms with van der Waals surface area (Å²) in [5, 5.41) is 11.8. The predicted octanol–water partition coefficient (Wildman–Crippen LogP) is -1.32. The van der Waals surface area contributed by atoms with E-state index in [0.717, 1.165) is 6.54 Å². The van der Waals surface area contributed by atoms with Gasteiger partial charge in [0.25, 0.3) is 0 Å². The van der Waals surface area contributed by atoms with Crippen LogP contribution < -0.4 is 5.32 Å². The average molecular weight is 229 g/mol. The van der Waals surface area contributed by atoms with Crippen molar-refractivity contribution in [1.29, 1.82) is 0 Å². The van der Waals surface area contributed by atoms with Crippen molar-refractivity contribution in [2.45, 2.75) is 0 Å². The lowest BCUT2D eigenvalue weighted by molar-refractivity contribution is -0.142. The van der Waals surface area contributed by atoms with Crippen molar-refractivity contribution < 1.29 is 14.7 Å². The molecule has 0 spiro atoms. The molecule has 6 nitrogen and oxygen atoms in total. The van der Waals surface area contributed by atoms with Crippen molar-refractivity contribution in [3.63, 3.8) is 0 Å². The second kappa shape index (κ2) is 5.81. The fourth-order valence-corrected chi connectivity index (χ4v) is 1.60. The van der Waals surface area contributed by atoms with Gasteiger partial charge in [-0.25, -0.2) is 0 Å². The van der Waals surface area contributed by atoms with Crippen LogP contribution in [0.4, 0.5) is 0 Å². The molecule has 1 fully saturated rings. The van der Waals surface area contributed by atoms with Gasteiger partial charge < -0.3 is 20.2 Å². The molecule has 0 aromatic heterocycles. The lowest BCUT2D eigenvalue weighted by atomic mass is 10.1. The largest absolute Gasteiger partial charge is 0.481 e. The maximum absolute atomic E-state index is 11.6. The van der Waals surface area contributed by atoms with Crippen LogP contribution in [0.15, 0.2) is 0 Å². The Morgan fingerprint density at radius 3 is 2.88 bits per heavy atom. The van der Waals surface area contributed by atoms with E-state index in [2.05, 4.69) is 5.32 Å². The van der Waals surface area contributed by atoms with Crippen molar-refractivity contribution in [2.24, 2.45) is 5.92 Å². The SMILES string of the molecule is CN(C)CCN1CC(C(=O)O)CNCC1=O. The van der Waals surface area contributed by atoms with E-state index in [1.54, 1.807) is 4.90 Å². The van der Waals surface area contributed by atoms with Crippen molar-refractivity contribution in [3.05, 3.63) is 0 Å². The number of rotatable bonds is 4. The van der Waals surface area contributed by atoms with Gasteiger partial charge in [0.2, 0.25) is 5.91 Å². The third-order valence-electron chi connectivity index (χ3n) is 2.63. The Balaban J connectivity index is 2.56. The quantitative estimate of drug-likeness (QED) is 0.625. The molecule has 0 bridgehead atoms. The smallest absolute Gasteiger partial charge is 0.309 e. The van der Waals surface area contributed by atoms with E-state index in [1.165, 1.54) is 0 Å². The second-order valence-corrected chi connectivity index (χ2v) is 4.31. The number of carboxylic acid groups (broad SMARTS) is 1. The maximum Gasteiger partial charge on any atom is 0.309 e. The molecule has 1 saturated heterocycles. The first-order valence-corrected chi connectivity index (χ1v) is 5.36. The molecule has 1 unspecified atom stereocenters. The Labute approximate surface area is 95.2 Å². The first-order valence-electron chi connectivity index (χ1n) is 5.36. The summed E-state index contributed by atoms with van der Waals surface area (Å²) in [7, 11) is 3.85. The third kappa shape index (κ3) is 3.79. The predicted molar refractivity (Wildman–Crippen MR) is 59.1 cm³/mol. The first-order chi connectivity index (χ1) is 7.50. The molecule has 16 heavy (non-hydrogen) atoms. The van der Waals surface area contributed by atoms with Crippen molar-refractivity contribution in [1.82, 2.24) is 15.1 Å². The fraction of sp³-hybridized carbons (Fsp3) is 0.800. The molecule has 6 heteroatoms. The van der Waals surface area contributed by atoms with Gasteiger partial charge in [-0.1, -0.05) is 0 Å².